The molecule has 3 atom stereocenters. The largest absolute Gasteiger partial charge is 0.458 e. The Morgan fingerprint density at radius 1 is 1.31 bits per heavy atom. The van der Waals surface area contributed by atoms with Gasteiger partial charge in [0.05, 0.1) is 35.6 Å². The monoisotopic (exact) mass is 481 g/mol. The summed E-state index contributed by atoms with van der Waals surface area (Å²) in [6.07, 6.45) is -0.756. The van der Waals surface area contributed by atoms with Crippen molar-refractivity contribution in [3.8, 4) is 11.4 Å². The van der Waals surface area contributed by atoms with Gasteiger partial charge in [-0.1, -0.05) is 6.92 Å². The summed E-state index contributed by atoms with van der Waals surface area (Å²) in [6.45, 7) is 2.80. The van der Waals surface area contributed by atoms with Crippen LogP contribution in [0.4, 0.5) is 4.39 Å². The number of carbonyl (C=O) groups excluding carboxylic acids is 1. The highest BCUT2D eigenvalue weighted by Gasteiger charge is 2.46. The lowest BCUT2D eigenvalue weighted by Crippen LogP contribution is -2.44. The molecule has 2 aromatic heterocycles. The number of aliphatic hydroxyl groups excluding tert-OH is 2. The predicted octanol–water partition coefficient (Wildman–Crippen LogP) is 1.02. The number of aliphatic hydroxyl groups is 3. The van der Waals surface area contributed by atoms with Crippen LogP contribution in [0.15, 0.2) is 16.9 Å². The van der Waals surface area contributed by atoms with E-state index >= 15 is 0 Å². The third-order valence-electron chi connectivity index (χ3n) is 7.67. The minimum Gasteiger partial charge on any atom is -0.458 e. The van der Waals surface area contributed by atoms with E-state index in [1.165, 1.54) is 10.6 Å². The van der Waals surface area contributed by atoms with Gasteiger partial charge in [-0.05, 0) is 42.5 Å². The van der Waals surface area contributed by atoms with Crippen LogP contribution in [0, 0.1) is 12.7 Å². The van der Waals surface area contributed by atoms with Crippen molar-refractivity contribution in [1.29, 1.82) is 0 Å². The van der Waals surface area contributed by atoms with Crippen LogP contribution in [0.2, 0.25) is 0 Å². The van der Waals surface area contributed by atoms with Gasteiger partial charge in [0.2, 0.25) is 0 Å². The van der Waals surface area contributed by atoms with E-state index in [0.717, 1.165) is 22.1 Å². The molecule has 6 rings (SSSR count). The Labute approximate surface area is 198 Å². The normalized spacial score (nSPS) is 22.7. The fraction of sp³-hybridized carbons (Fsp3) is 0.400. The second kappa shape index (κ2) is 7.41. The van der Waals surface area contributed by atoms with Crippen LogP contribution in [0.5, 0.6) is 0 Å². The quantitative estimate of drug-likeness (QED) is 0.251. The van der Waals surface area contributed by atoms with Crippen LogP contribution in [0.25, 0.3) is 22.3 Å². The summed E-state index contributed by atoms with van der Waals surface area (Å²) in [5.74, 6) is -1.21. The molecule has 1 aliphatic carbocycles. The predicted molar refractivity (Wildman–Crippen MR) is 122 cm³/mol. The van der Waals surface area contributed by atoms with E-state index in [4.69, 9.17) is 9.72 Å². The average Bonchev–Trinajstić information content (AvgIpc) is 3.40. The molecule has 0 bridgehead atoms. The molecule has 3 aliphatic rings. The first-order valence-corrected chi connectivity index (χ1v) is 11.6. The van der Waals surface area contributed by atoms with Crippen LogP contribution < -0.4 is 10.9 Å². The van der Waals surface area contributed by atoms with Gasteiger partial charge in [-0.3, -0.25) is 10.1 Å². The number of pyridine rings is 2. The minimum absolute atomic E-state index is 0.0316. The lowest BCUT2D eigenvalue weighted by atomic mass is 9.86. The smallest absolute Gasteiger partial charge is 0.343 e. The molecule has 0 saturated heterocycles. The Balaban J connectivity index is 1.64. The highest BCUT2D eigenvalue weighted by molar-refractivity contribution is 5.94. The van der Waals surface area contributed by atoms with Crippen molar-refractivity contribution in [2.45, 2.75) is 57.7 Å². The number of ether oxygens (including phenoxy) is 1. The van der Waals surface area contributed by atoms with Crippen LogP contribution in [-0.4, -0.2) is 43.7 Å². The summed E-state index contributed by atoms with van der Waals surface area (Å²) in [5, 5.41) is 34.4. The molecule has 3 aromatic rings. The third-order valence-corrected chi connectivity index (χ3v) is 7.67. The summed E-state index contributed by atoms with van der Waals surface area (Å²) in [4.78, 5) is 30.6. The molecule has 1 aromatic carbocycles. The number of nitrogens with one attached hydrogen (secondary N) is 1. The molecule has 4 N–H and O–H groups in total. The maximum absolute atomic E-state index is 14.8. The molecule has 0 spiro atoms. The number of aromatic nitrogens is 2. The molecule has 4 heterocycles. The number of cyclic esters (lactones) is 1. The highest BCUT2D eigenvalue weighted by Crippen LogP contribution is 2.47. The zero-order chi connectivity index (χ0) is 24.8. The molecule has 0 saturated carbocycles. The SMILES string of the molecule is CC[C@@]1(O)C(=O)OCc2c1cc1n(c2=O)Cc2c-1nc1cc(F)c(C)c3c1c2C(NC(O)CO)C3. The van der Waals surface area contributed by atoms with E-state index < -0.39 is 36.3 Å². The first-order valence-electron chi connectivity index (χ1n) is 11.6. The molecule has 0 radical (unpaired) electrons. The van der Waals surface area contributed by atoms with Crippen molar-refractivity contribution in [2.75, 3.05) is 6.61 Å². The van der Waals surface area contributed by atoms with Crippen molar-refractivity contribution in [2.24, 2.45) is 0 Å². The molecule has 35 heavy (non-hydrogen) atoms. The number of fused-ring (bicyclic) bond motifs is 5. The van der Waals surface area contributed by atoms with Gasteiger partial charge in [-0.25, -0.2) is 14.2 Å². The molecular weight excluding hydrogens is 457 g/mol. The first-order chi connectivity index (χ1) is 16.7. The van der Waals surface area contributed by atoms with Crippen LogP contribution >= 0.6 is 0 Å². The summed E-state index contributed by atoms with van der Waals surface area (Å²) < 4.78 is 21.5. The van der Waals surface area contributed by atoms with Gasteiger partial charge in [-0.15, -0.1) is 0 Å². The standard InChI is InChI=1S/C25H24FN3O6/c1-3-25(34)14-5-18-22-12(7-29(18)23(32)13(14)9-35-24(25)33)21-16(27-19(31)8-30)4-11-10(2)15(26)6-17(28-22)20(11)21/h5-6,16,19,27,30-31,34H,3-4,7-9H2,1-2H3/t16?,19?,25-/m0/s1. The molecular formula is C25H24FN3O6. The molecule has 9 nitrogen and oxygen atoms in total. The van der Waals surface area contributed by atoms with Crippen molar-refractivity contribution in [3.05, 3.63) is 61.7 Å². The number of rotatable bonds is 4. The molecule has 2 aliphatic heterocycles. The minimum atomic E-state index is -1.94. The fourth-order valence-electron chi connectivity index (χ4n) is 5.80. The number of hydrogen-bond acceptors (Lipinski definition) is 8. The Hall–Kier alpha value is -3.18. The Morgan fingerprint density at radius 3 is 2.80 bits per heavy atom. The van der Waals surface area contributed by atoms with Gasteiger partial charge in [-0.2, -0.15) is 0 Å². The third kappa shape index (κ3) is 2.85. The van der Waals surface area contributed by atoms with Gasteiger partial charge in [0.15, 0.2) is 5.60 Å². The number of nitrogens with zero attached hydrogens (tertiary/aromatic N) is 2. The van der Waals surface area contributed by atoms with E-state index in [1.54, 1.807) is 19.9 Å². The summed E-state index contributed by atoms with van der Waals surface area (Å²) in [7, 11) is 0. The van der Waals surface area contributed by atoms with E-state index in [0.29, 0.717) is 28.9 Å². The lowest BCUT2D eigenvalue weighted by Gasteiger charge is -2.31. The van der Waals surface area contributed by atoms with Crippen LogP contribution in [-0.2, 0) is 34.7 Å². The van der Waals surface area contributed by atoms with Crippen molar-refractivity contribution >= 4 is 16.9 Å². The molecule has 0 fully saturated rings. The van der Waals surface area contributed by atoms with Crippen LogP contribution in [0.3, 0.4) is 0 Å². The first kappa shape index (κ1) is 22.3. The summed E-state index contributed by atoms with van der Waals surface area (Å²) >= 11 is 0. The molecule has 2 unspecified atom stereocenters. The molecule has 10 heteroatoms. The number of halogens is 1. The number of carbonyl (C=O) groups is 1. The van der Waals surface area contributed by atoms with Gasteiger partial charge >= 0.3 is 5.97 Å². The van der Waals surface area contributed by atoms with Crippen molar-refractivity contribution in [1.82, 2.24) is 14.9 Å². The number of esters is 1. The van der Waals surface area contributed by atoms with Crippen molar-refractivity contribution in [3.63, 3.8) is 0 Å². The zero-order valence-electron chi connectivity index (χ0n) is 19.2. The average molecular weight is 481 g/mol. The Kier molecular flexibility index (Phi) is 4.72. The number of benzene rings is 1. The van der Waals surface area contributed by atoms with E-state index in [2.05, 4.69) is 5.32 Å². The van der Waals surface area contributed by atoms with E-state index in [-0.39, 0.29) is 36.3 Å². The van der Waals surface area contributed by atoms with E-state index in [9.17, 15) is 29.3 Å². The molecule has 182 valence electrons. The Morgan fingerprint density at radius 2 is 2.09 bits per heavy atom. The Bertz CT molecular complexity index is 1520. The summed E-state index contributed by atoms with van der Waals surface area (Å²) in [5.41, 5.74) is 2.24. The van der Waals surface area contributed by atoms with Gasteiger partial charge in [0, 0.05) is 28.6 Å². The van der Waals surface area contributed by atoms with Gasteiger partial charge in [0.25, 0.3) is 5.56 Å². The maximum Gasteiger partial charge on any atom is 0.343 e. The van der Waals surface area contributed by atoms with Crippen LogP contribution in [0.1, 0.15) is 52.8 Å². The van der Waals surface area contributed by atoms with Gasteiger partial charge < -0.3 is 24.6 Å². The van der Waals surface area contributed by atoms with E-state index in [1.807, 2.05) is 0 Å². The fourth-order valence-corrected chi connectivity index (χ4v) is 5.80. The second-order valence-electron chi connectivity index (χ2n) is 9.43. The second-order valence-corrected chi connectivity index (χ2v) is 9.43. The maximum atomic E-state index is 14.8. The zero-order valence-corrected chi connectivity index (χ0v) is 19.2. The lowest BCUT2D eigenvalue weighted by molar-refractivity contribution is -0.172. The van der Waals surface area contributed by atoms with Crippen molar-refractivity contribution < 1.29 is 29.2 Å². The molecule has 0 amide bonds. The van der Waals surface area contributed by atoms with Gasteiger partial charge in [0.1, 0.15) is 18.7 Å². The highest BCUT2D eigenvalue weighted by atomic mass is 19.1. The summed E-state index contributed by atoms with van der Waals surface area (Å²) in [6, 6.07) is 2.55. The number of hydrogen-bond donors (Lipinski definition) is 4. The topological polar surface area (TPSA) is 134 Å².